The first-order valence-corrected chi connectivity index (χ1v) is 5.87. The van der Waals surface area contributed by atoms with Crippen LogP contribution in [0.4, 0.5) is 4.79 Å². The van der Waals surface area contributed by atoms with Crippen LogP contribution in [0, 0.1) is 0 Å². The molecule has 102 valence electrons. The van der Waals surface area contributed by atoms with E-state index in [0.29, 0.717) is 19.6 Å². The highest BCUT2D eigenvalue weighted by Crippen LogP contribution is 2.06. The van der Waals surface area contributed by atoms with Gasteiger partial charge < -0.3 is 20.1 Å². The molecule has 0 heterocycles. The van der Waals surface area contributed by atoms with Crippen molar-refractivity contribution in [1.82, 2.24) is 10.2 Å². The van der Waals surface area contributed by atoms with Gasteiger partial charge in [0, 0.05) is 19.6 Å². The number of alkyl carbamates (subject to hydrolysis) is 1. The molecular formula is C12H26N2O3. The Morgan fingerprint density at radius 1 is 1.29 bits per heavy atom. The van der Waals surface area contributed by atoms with E-state index in [1.165, 1.54) is 0 Å². The molecular weight excluding hydrogens is 220 g/mol. The molecule has 0 aliphatic carbocycles. The highest BCUT2D eigenvalue weighted by atomic mass is 16.6. The first kappa shape index (κ1) is 16.2. The minimum absolute atomic E-state index is 0.408. The minimum Gasteiger partial charge on any atom is -0.444 e. The van der Waals surface area contributed by atoms with Crippen LogP contribution in [0.15, 0.2) is 0 Å². The molecule has 0 aliphatic heterocycles. The van der Waals surface area contributed by atoms with Crippen LogP contribution in [0.5, 0.6) is 0 Å². The summed E-state index contributed by atoms with van der Waals surface area (Å²) in [6.45, 7) is 10.7. The molecule has 0 radical (unpaired) electrons. The molecule has 0 saturated carbocycles. The lowest BCUT2D eigenvalue weighted by molar-refractivity contribution is 0.0423. The van der Waals surface area contributed by atoms with E-state index in [1.54, 1.807) is 13.8 Å². The maximum absolute atomic E-state index is 11.3. The first-order chi connectivity index (χ1) is 7.49. The van der Waals surface area contributed by atoms with Crippen molar-refractivity contribution in [3.8, 4) is 0 Å². The molecule has 5 heteroatoms. The lowest BCUT2D eigenvalue weighted by atomic mass is 10.1. The van der Waals surface area contributed by atoms with Gasteiger partial charge >= 0.3 is 6.09 Å². The number of carbonyl (C=O) groups is 1. The Morgan fingerprint density at radius 2 is 1.82 bits per heavy atom. The second-order valence-corrected chi connectivity index (χ2v) is 5.98. The molecule has 0 aromatic heterocycles. The molecule has 0 bridgehead atoms. The Kier molecular flexibility index (Phi) is 5.92. The second-order valence-electron chi connectivity index (χ2n) is 5.98. The summed E-state index contributed by atoms with van der Waals surface area (Å²) in [6, 6.07) is 0. The van der Waals surface area contributed by atoms with Crippen LogP contribution in [-0.4, -0.2) is 54.0 Å². The van der Waals surface area contributed by atoms with Gasteiger partial charge in [0.2, 0.25) is 0 Å². The monoisotopic (exact) mass is 246 g/mol. The fourth-order valence-electron chi connectivity index (χ4n) is 1.40. The van der Waals surface area contributed by atoms with E-state index in [2.05, 4.69) is 5.32 Å². The molecule has 0 unspecified atom stereocenters. The Labute approximate surface area is 104 Å². The third kappa shape index (κ3) is 11.5. The third-order valence-electron chi connectivity index (χ3n) is 1.82. The maximum Gasteiger partial charge on any atom is 0.407 e. The molecule has 0 aliphatic rings. The summed E-state index contributed by atoms with van der Waals surface area (Å²) in [7, 11) is 1.90. The molecule has 17 heavy (non-hydrogen) atoms. The van der Waals surface area contributed by atoms with Crippen molar-refractivity contribution in [2.24, 2.45) is 0 Å². The zero-order valence-corrected chi connectivity index (χ0v) is 11.8. The number of hydrogen-bond acceptors (Lipinski definition) is 4. The molecule has 0 fully saturated rings. The number of nitrogens with zero attached hydrogens (tertiary/aromatic N) is 1. The summed E-state index contributed by atoms with van der Waals surface area (Å²) < 4.78 is 5.10. The van der Waals surface area contributed by atoms with Gasteiger partial charge in [-0.2, -0.15) is 0 Å². The number of carbonyl (C=O) groups excluding carboxylic acids is 1. The van der Waals surface area contributed by atoms with Crippen molar-refractivity contribution in [3.05, 3.63) is 0 Å². The van der Waals surface area contributed by atoms with Crippen LogP contribution in [0.1, 0.15) is 34.6 Å². The summed E-state index contributed by atoms with van der Waals surface area (Å²) >= 11 is 0. The quantitative estimate of drug-likeness (QED) is 0.765. The normalized spacial score (nSPS) is 12.7. The number of ether oxygens (including phenoxy) is 1. The minimum atomic E-state index is -0.722. The van der Waals surface area contributed by atoms with Crippen molar-refractivity contribution in [2.75, 3.05) is 26.7 Å². The molecule has 0 atom stereocenters. The SMILES string of the molecule is CN(CCNC(=O)OC(C)(C)C)CC(C)(C)O. The van der Waals surface area contributed by atoms with Crippen molar-refractivity contribution < 1.29 is 14.6 Å². The molecule has 0 spiro atoms. The number of amides is 1. The fraction of sp³-hybridized carbons (Fsp3) is 0.917. The Hall–Kier alpha value is -0.810. The zero-order valence-electron chi connectivity index (χ0n) is 11.8. The topological polar surface area (TPSA) is 61.8 Å². The van der Waals surface area contributed by atoms with Gasteiger partial charge in [-0.25, -0.2) is 4.79 Å². The van der Waals surface area contributed by atoms with Crippen LogP contribution in [0.25, 0.3) is 0 Å². The van der Waals surface area contributed by atoms with Gasteiger partial charge in [-0.15, -0.1) is 0 Å². The Bertz CT molecular complexity index is 241. The summed E-state index contributed by atoms with van der Waals surface area (Å²) in [5.41, 5.74) is -1.19. The largest absolute Gasteiger partial charge is 0.444 e. The standard InChI is InChI=1S/C12H26N2O3/c1-11(2,3)17-10(15)13-7-8-14(6)9-12(4,5)16/h16H,7-9H2,1-6H3,(H,13,15). The summed E-state index contributed by atoms with van der Waals surface area (Å²) in [5.74, 6) is 0. The van der Waals surface area contributed by atoms with Gasteiger partial charge in [0.1, 0.15) is 5.60 Å². The van der Waals surface area contributed by atoms with Gasteiger partial charge in [-0.3, -0.25) is 0 Å². The van der Waals surface area contributed by atoms with Crippen molar-refractivity contribution in [1.29, 1.82) is 0 Å². The van der Waals surface area contributed by atoms with Crippen molar-refractivity contribution in [2.45, 2.75) is 45.8 Å². The van der Waals surface area contributed by atoms with Gasteiger partial charge in [0.25, 0.3) is 0 Å². The first-order valence-electron chi connectivity index (χ1n) is 5.87. The average Bonchev–Trinajstić information content (AvgIpc) is 1.95. The predicted octanol–water partition coefficient (Wildman–Crippen LogP) is 1.21. The van der Waals surface area contributed by atoms with Crippen LogP contribution < -0.4 is 5.32 Å². The molecule has 0 aromatic rings. The maximum atomic E-state index is 11.3. The van der Waals surface area contributed by atoms with E-state index < -0.39 is 17.3 Å². The number of hydrogen-bond donors (Lipinski definition) is 2. The average molecular weight is 246 g/mol. The summed E-state index contributed by atoms with van der Waals surface area (Å²) in [6.07, 6.45) is -0.408. The van der Waals surface area contributed by atoms with E-state index >= 15 is 0 Å². The third-order valence-corrected chi connectivity index (χ3v) is 1.82. The van der Waals surface area contributed by atoms with Crippen LogP contribution in [0.3, 0.4) is 0 Å². The highest BCUT2D eigenvalue weighted by molar-refractivity contribution is 5.67. The lowest BCUT2D eigenvalue weighted by Crippen LogP contribution is -2.41. The smallest absolute Gasteiger partial charge is 0.407 e. The highest BCUT2D eigenvalue weighted by Gasteiger charge is 2.17. The summed E-state index contributed by atoms with van der Waals surface area (Å²) in [4.78, 5) is 13.3. The number of likely N-dealkylation sites (N-methyl/N-ethyl adjacent to an activating group) is 1. The molecule has 1 amide bonds. The molecule has 0 saturated heterocycles. The molecule has 2 N–H and O–H groups in total. The van der Waals surface area contributed by atoms with Gasteiger partial charge in [0.15, 0.2) is 0 Å². The zero-order chi connectivity index (χ0) is 13.7. The predicted molar refractivity (Wildman–Crippen MR) is 68.0 cm³/mol. The van der Waals surface area contributed by atoms with Gasteiger partial charge in [0.05, 0.1) is 5.60 Å². The van der Waals surface area contributed by atoms with E-state index in [1.807, 2.05) is 32.7 Å². The van der Waals surface area contributed by atoms with E-state index in [-0.39, 0.29) is 0 Å². The van der Waals surface area contributed by atoms with Crippen LogP contribution in [-0.2, 0) is 4.74 Å². The second kappa shape index (κ2) is 6.21. The van der Waals surface area contributed by atoms with Crippen molar-refractivity contribution >= 4 is 6.09 Å². The Balaban J connectivity index is 3.74. The fourth-order valence-corrected chi connectivity index (χ4v) is 1.40. The van der Waals surface area contributed by atoms with E-state index in [4.69, 9.17) is 4.74 Å². The lowest BCUT2D eigenvalue weighted by Gasteiger charge is -2.25. The van der Waals surface area contributed by atoms with E-state index in [9.17, 15) is 9.90 Å². The van der Waals surface area contributed by atoms with Crippen LogP contribution >= 0.6 is 0 Å². The molecule has 5 nitrogen and oxygen atoms in total. The van der Waals surface area contributed by atoms with E-state index in [0.717, 1.165) is 0 Å². The van der Waals surface area contributed by atoms with Crippen molar-refractivity contribution in [3.63, 3.8) is 0 Å². The molecule has 0 rings (SSSR count). The Morgan fingerprint density at radius 3 is 2.24 bits per heavy atom. The number of rotatable bonds is 5. The summed E-state index contributed by atoms with van der Waals surface area (Å²) in [5, 5.41) is 12.3. The number of aliphatic hydroxyl groups is 1. The van der Waals surface area contributed by atoms with Gasteiger partial charge in [-0.05, 0) is 41.7 Å². The van der Waals surface area contributed by atoms with Gasteiger partial charge in [-0.1, -0.05) is 0 Å². The molecule has 0 aromatic carbocycles. The van der Waals surface area contributed by atoms with Crippen LogP contribution in [0.2, 0.25) is 0 Å². The number of nitrogens with one attached hydrogen (secondary N) is 1.